The highest BCUT2D eigenvalue weighted by Crippen LogP contribution is 2.32. The molecule has 2 aliphatic heterocycles. The zero-order valence-electron chi connectivity index (χ0n) is 10.6. The summed E-state index contributed by atoms with van der Waals surface area (Å²) in [7, 11) is 1.32. The van der Waals surface area contributed by atoms with Crippen molar-refractivity contribution in [3.05, 3.63) is 0 Å². The van der Waals surface area contributed by atoms with Crippen molar-refractivity contribution < 1.29 is 19.1 Å². The van der Waals surface area contributed by atoms with E-state index in [9.17, 15) is 14.4 Å². The zero-order chi connectivity index (χ0) is 13.3. The summed E-state index contributed by atoms with van der Waals surface area (Å²) in [5.41, 5.74) is 0. The van der Waals surface area contributed by atoms with Gasteiger partial charge in [0.2, 0.25) is 11.8 Å². The molecule has 2 fully saturated rings. The second-order valence-electron chi connectivity index (χ2n) is 4.90. The van der Waals surface area contributed by atoms with Gasteiger partial charge in [-0.25, -0.2) is 4.79 Å². The number of amides is 2. The van der Waals surface area contributed by atoms with E-state index in [1.165, 1.54) is 14.0 Å². The van der Waals surface area contributed by atoms with E-state index in [-0.39, 0.29) is 23.9 Å². The molecular weight excluding hydrogens is 236 g/mol. The number of rotatable bonds is 2. The number of fused-ring (bicyclic) bond motifs is 1. The maximum absolute atomic E-state index is 11.8. The number of hydrogen-bond acceptors (Lipinski definition) is 4. The van der Waals surface area contributed by atoms with Gasteiger partial charge in [0.25, 0.3) is 0 Å². The van der Waals surface area contributed by atoms with E-state index in [2.05, 4.69) is 5.32 Å². The van der Waals surface area contributed by atoms with Crippen LogP contribution in [0.1, 0.15) is 32.6 Å². The van der Waals surface area contributed by atoms with E-state index in [0.717, 1.165) is 12.8 Å². The van der Waals surface area contributed by atoms with E-state index in [1.54, 1.807) is 4.90 Å². The van der Waals surface area contributed by atoms with Crippen molar-refractivity contribution in [2.24, 2.45) is 0 Å². The van der Waals surface area contributed by atoms with Gasteiger partial charge in [-0.2, -0.15) is 0 Å². The van der Waals surface area contributed by atoms with Crippen LogP contribution in [0.3, 0.4) is 0 Å². The van der Waals surface area contributed by atoms with Crippen LogP contribution in [0.15, 0.2) is 0 Å². The lowest BCUT2D eigenvalue weighted by molar-refractivity contribution is -0.155. The van der Waals surface area contributed by atoms with Crippen molar-refractivity contribution in [3.8, 4) is 0 Å². The number of piperidine rings is 1. The number of hydrogen-bond donors (Lipinski definition) is 1. The van der Waals surface area contributed by atoms with Crippen LogP contribution in [0.4, 0.5) is 0 Å². The topological polar surface area (TPSA) is 75.7 Å². The third-order valence-electron chi connectivity index (χ3n) is 3.65. The number of nitrogens with zero attached hydrogens (tertiary/aromatic N) is 1. The van der Waals surface area contributed by atoms with Crippen molar-refractivity contribution in [3.63, 3.8) is 0 Å². The second kappa shape index (κ2) is 4.96. The third kappa shape index (κ3) is 2.32. The lowest BCUT2D eigenvalue weighted by Gasteiger charge is -2.40. The van der Waals surface area contributed by atoms with Gasteiger partial charge in [0.15, 0.2) is 0 Å². The Hall–Kier alpha value is -1.59. The molecule has 1 N–H and O–H groups in total. The van der Waals surface area contributed by atoms with Crippen LogP contribution in [0.2, 0.25) is 0 Å². The molecular formula is C12H18N2O4. The van der Waals surface area contributed by atoms with Gasteiger partial charge >= 0.3 is 5.97 Å². The van der Waals surface area contributed by atoms with Crippen LogP contribution in [-0.4, -0.2) is 47.9 Å². The van der Waals surface area contributed by atoms with Crippen LogP contribution >= 0.6 is 0 Å². The third-order valence-corrected chi connectivity index (χ3v) is 3.65. The Morgan fingerprint density at radius 3 is 2.72 bits per heavy atom. The molecule has 2 amide bonds. The lowest BCUT2D eigenvalue weighted by atomic mass is 9.92. The molecule has 0 saturated carbocycles. The van der Waals surface area contributed by atoms with E-state index in [4.69, 9.17) is 4.74 Å². The Labute approximate surface area is 106 Å². The van der Waals surface area contributed by atoms with E-state index in [1.807, 2.05) is 0 Å². The fraction of sp³-hybridized carbons (Fsp3) is 0.750. The minimum Gasteiger partial charge on any atom is -0.467 e. The van der Waals surface area contributed by atoms with Crippen molar-refractivity contribution in [1.82, 2.24) is 10.2 Å². The molecule has 0 bridgehead atoms. The predicted molar refractivity (Wildman–Crippen MR) is 62.5 cm³/mol. The summed E-state index contributed by atoms with van der Waals surface area (Å²) in [6.45, 7) is 1.46. The maximum atomic E-state index is 11.8. The minimum absolute atomic E-state index is 0.0108. The first-order chi connectivity index (χ1) is 8.52. The van der Waals surface area contributed by atoms with Gasteiger partial charge in [0.05, 0.1) is 7.11 Å². The Balaban J connectivity index is 2.15. The summed E-state index contributed by atoms with van der Waals surface area (Å²) in [6.07, 6.45) is 2.39. The van der Waals surface area contributed by atoms with Gasteiger partial charge in [-0.3, -0.25) is 9.59 Å². The first-order valence-electron chi connectivity index (χ1n) is 6.19. The molecule has 0 aromatic carbocycles. The van der Waals surface area contributed by atoms with Crippen LogP contribution < -0.4 is 5.32 Å². The Morgan fingerprint density at radius 1 is 1.39 bits per heavy atom. The quantitative estimate of drug-likeness (QED) is 0.693. The maximum Gasteiger partial charge on any atom is 0.328 e. The number of methoxy groups -OCH3 is 1. The number of esters is 1. The molecule has 0 unspecified atom stereocenters. The molecule has 2 rings (SSSR count). The molecule has 6 nitrogen and oxygen atoms in total. The van der Waals surface area contributed by atoms with Gasteiger partial charge in [0, 0.05) is 25.4 Å². The molecule has 18 heavy (non-hydrogen) atoms. The summed E-state index contributed by atoms with van der Waals surface area (Å²) >= 11 is 0. The molecule has 0 aliphatic carbocycles. The summed E-state index contributed by atoms with van der Waals surface area (Å²) in [5, 5.41) is 2.83. The minimum atomic E-state index is -0.555. The largest absolute Gasteiger partial charge is 0.467 e. The van der Waals surface area contributed by atoms with Crippen molar-refractivity contribution in [1.29, 1.82) is 0 Å². The Bertz CT molecular complexity index is 382. The van der Waals surface area contributed by atoms with E-state index in [0.29, 0.717) is 12.8 Å². The Morgan fingerprint density at radius 2 is 2.11 bits per heavy atom. The molecule has 0 aromatic heterocycles. The van der Waals surface area contributed by atoms with E-state index >= 15 is 0 Å². The average molecular weight is 254 g/mol. The van der Waals surface area contributed by atoms with Crippen LogP contribution in [0, 0.1) is 0 Å². The van der Waals surface area contributed by atoms with Crippen LogP contribution in [0.25, 0.3) is 0 Å². The highest BCUT2D eigenvalue weighted by atomic mass is 16.5. The van der Waals surface area contributed by atoms with Crippen molar-refractivity contribution in [2.75, 3.05) is 7.11 Å². The number of ether oxygens (including phenoxy) is 1. The second-order valence-corrected chi connectivity index (χ2v) is 4.90. The SMILES string of the molecule is COC(=O)[C@@H]1C[C@H](NC(C)=O)C[C@H]2CCC(=O)N21. The molecule has 6 heteroatoms. The zero-order valence-corrected chi connectivity index (χ0v) is 10.6. The van der Waals surface area contributed by atoms with Gasteiger partial charge in [-0.15, -0.1) is 0 Å². The summed E-state index contributed by atoms with van der Waals surface area (Å²) in [6, 6.07) is -0.563. The average Bonchev–Trinajstić information content (AvgIpc) is 2.68. The number of carbonyl (C=O) groups is 3. The summed E-state index contributed by atoms with van der Waals surface area (Å²) in [4.78, 5) is 36.3. The molecule has 0 radical (unpaired) electrons. The molecule has 0 aromatic rings. The molecule has 2 saturated heterocycles. The predicted octanol–water partition coefficient (Wildman–Crippen LogP) is -0.182. The van der Waals surface area contributed by atoms with E-state index < -0.39 is 12.0 Å². The van der Waals surface area contributed by atoms with Gasteiger partial charge in [-0.05, 0) is 19.3 Å². The van der Waals surface area contributed by atoms with Crippen LogP contribution in [-0.2, 0) is 19.1 Å². The normalized spacial score (nSPS) is 30.9. The molecule has 2 heterocycles. The highest BCUT2D eigenvalue weighted by Gasteiger charge is 2.45. The highest BCUT2D eigenvalue weighted by molar-refractivity contribution is 5.86. The molecule has 3 atom stereocenters. The molecule has 2 aliphatic rings. The Kier molecular flexibility index (Phi) is 3.54. The molecule has 100 valence electrons. The van der Waals surface area contributed by atoms with Gasteiger partial charge in [0.1, 0.15) is 6.04 Å². The van der Waals surface area contributed by atoms with Crippen molar-refractivity contribution in [2.45, 2.75) is 50.7 Å². The fourth-order valence-electron chi connectivity index (χ4n) is 2.98. The number of nitrogens with one attached hydrogen (secondary N) is 1. The van der Waals surface area contributed by atoms with Gasteiger partial charge in [-0.1, -0.05) is 0 Å². The molecule has 0 spiro atoms. The van der Waals surface area contributed by atoms with Crippen LogP contribution in [0.5, 0.6) is 0 Å². The first kappa shape index (κ1) is 12.9. The summed E-state index contributed by atoms with van der Waals surface area (Å²) in [5.74, 6) is -0.497. The van der Waals surface area contributed by atoms with Gasteiger partial charge < -0.3 is 15.0 Å². The smallest absolute Gasteiger partial charge is 0.328 e. The number of carbonyl (C=O) groups excluding carboxylic acids is 3. The van der Waals surface area contributed by atoms with Crippen molar-refractivity contribution >= 4 is 17.8 Å². The standard InChI is InChI=1S/C12H18N2O4/c1-7(15)13-8-5-9-3-4-11(16)14(9)10(6-8)12(17)18-2/h8-10H,3-6H2,1-2H3,(H,13,15)/t8-,9-,10+/m1/s1. The monoisotopic (exact) mass is 254 g/mol. The fourth-order valence-corrected chi connectivity index (χ4v) is 2.98. The summed E-state index contributed by atoms with van der Waals surface area (Å²) < 4.78 is 4.75. The lowest BCUT2D eigenvalue weighted by Crippen LogP contribution is -2.56. The first-order valence-corrected chi connectivity index (χ1v) is 6.19.